The third-order valence-electron chi connectivity index (χ3n) is 4.41. The molecule has 0 bridgehead atoms. The lowest BCUT2D eigenvalue weighted by Crippen LogP contribution is -2.32. The number of hydrogen-bond donors (Lipinski definition) is 0. The highest BCUT2D eigenvalue weighted by Gasteiger charge is 2.28. The molecule has 0 radical (unpaired) electrons. The van der Waals surface area contributed by atoms with Gasteiger partial charge in [0.2, 0.25) is 5.91 Å². The molecule has 1 aliphatic heterocycles. The number of benzene rings is 2. The van der Waals surface area contributed by atoms with E-state index in [9.17, 15) is 14.4 Å². The topological polar surface area (TPSA) is 72.9 Å². The zero-order valence-corrected chi connectivity index (χ0v) is 15.4. The minimum absolute atomic E-state index is 0.123. The molecule has 0 aromatic heterocycles. The Hall–Kier alpha value is -3.15. The summed E-state index contributed by atoms with van der Waals surface area (Å²) in [6.07, 6.45) is -0.465. The fourth-order valence-corrected chi connectivity index (χ4v) is 2.91. The highest BCUT2D eigenvalue weighted by atomic mass is 16.6. The molecule has 1 saturated heterocycles. The summed E-state index contributed by atoms with van der Waals surface area (Å²) in [5.41, 5.74) is 4.14. The van der Waals surface area contributed by atoms with Crippen molar-refractivity contribution in [2.75, 3.05) is 13.2 Å². The number of cyclic esters (lactones) is 1. The molecule has 0 N–H and O–H groups in total. The van der Waals surface area contributed by atoms with Crippen LogP contribution in [0.3, 0.4) is 0 Å². The molecule has 0 aliphatic carbocycles. The number of nitrogens with zero attached hydrogens (tertiary/aromatic N) is 1. The number of hydrogen-bond acceptors (Lipinski definition) is 5. The van der Waals surface area contributed by atoms with Crippen molar-refractivity contribution in [3.8, 4) is 0 Å². The molecular formula is C21H21NO5. The number of esters is 1. The monoisotopic (exact) mass is 367 g/mol. The second-order valence-corrected chi connectivity index (χ2v) is 6.55. The average Bonchev–Trinajstić information content (AvgIpc) is 3.07. The van der Waals surface area contributed by atoms with E-state index in [1.807, 2.05) is 26.0 Å². The molecule has 6 nitrogen and oxygen atoms in total. The molecule has 6 heteroatoms. The Morgan fingerprint density at radius 1 is 1.07 bits per heavy atom. The minimum atomic E-state index is -0.588. The molecular weight excluding hydrogens is 346 g/mol. The van der Waals surface area contributed by atoms with Crippen LogP contribution in [0.2, 0.25) is 0 Å². The van der Waals surface area contributed by atoms with Gasteiger partial charge in [-0.25, -0.2) is 14.5 Å². The normalized spacial score (nSPS) is 13.4. The fourth-order valence-electron chi connectivity index (χ4n) is 2.91. The number of carbonyl (C=O) groups excluding carboxylic acids is 3. The van der Waals surface area contributed by atoms with Crippen LogP contribution in [0.5, 0.6) is 0 Å². The number of aryl methyl sites for hydroxylation is 2. The second kappa shape index (κ2) is 8.03. The van der Waals surface area contributed by atoms with Gasteiger partial charge in [0, 0.05) is 0 Å². The van der Waals surface area contributed by atoms with Gasteiger partial charge in [-0.05, 0) is 36.6 Å². The van der Waals surface area contributed by atoms with E-state index in [0.29, 0.717) is 12.1 Å². The van der Waals surface area contributed by atoms with Gasteiger partial charge in [-0.15, -0.1) is 0 Å². The van der Waals surface area contributed by atoms with E-state index in [4.69, 9.17) is 9.47 Å². The van der Waals surface area contributed by atoms with Crippen LogP contribution in [-0.2, 0) is 27.3 Å². The standard InChI is InChI=1S/C21H21NO5/c1-14-3-8-18(15(2)11-14)20(24)27-13-17-6-4-16(5-7-17)12-19(23)22-9-10-26-21(22)25/h3-8,11H,9-10,12-13H2,1-2H3. The zero-order chi connectivity index (χ0) is 19.4. The van der Waals surface area contributed by atoms with Crippen LogP contribution in [0.15, 0.2) is 42.5 Å². The molecule has 2 amide bonds. The molecule has 1 fully saturated rings. The van der Waals surface area contributed by atoms with Gasteiger partial charge >= 0.3 is 12.1 Å². The molecule has 140 valence electrons. The van der Waals surface area contributed by atoms with Crippen LogP contribution in [0, 0.1) is 13.8 Å². The lowest BCUT2D eigenvalue weighted by Gasteiger charge is -2.11. The Kier molecular flexibility index (Phi) is 5.54. The van der Waals surface area contributed by atoms with Crippen LogP contribution in [-0.4, -0.2) is 36.0 Å². The number of ether oxygens (including phenoxy) is 2. The lowest BCUT2D eigenvalue weighted by atomic mass is 10.1. The maximum Gasteiger partial charge on any atom is 0.416 e. The van der Waals surface area contributed by atoms with Gasteiger partial charge in [0.1, 0.15) is 13.2 Å². The summed E-state index contributed by atoms with van der Waals surface area (Å²) in [5, 5.41) is 0. The zero-order valence-electron chi connectivity index (χ0n) is 15.4. The summed E-state index contributed by atoms with van der Waals surface area (Å²) >= 11 is 0. The Morgan fingerprint density at radius 3 is 2.41 bits per heavy atom. The van der Waals surface area contributed by atoms with Gasteiger partial charge in [0.05, 0.1) is 18.5 Å². The molecule has 2 aromatic rings. The Bertz CT molecular complexity index is 873. The van der Waals surface area contributed by atoms with Crippen LogP contribution in [0.1, 0.15) is 32.6 Å². The van der Waals surface area contributed by atoms with E-state index >= 15 is 0 Å². The minimum Gasteiger partial charge on any atom is -0.457 e. The van der Waals surface area contributed by atoms with Crippen molar-refractivity contribution in [1.29, 1.82) is 0 Å². The summed E-state index contributed by atoms with van der Waals surface area (Å²) in [7, 11) is 0. The van der Waals surface area contributed by atoms with E-state index in [1.54, 1.807) is 30.3 Å². The maximum absolute atomic E-state index is 12.2. The van der Waals surface area contributed by atoms with Crippen molar-refractivity contribution in [3.05, 3.63) is 70.3 Å². The molecule has 1 heterocycles. The van der Waals surface area contributed by atoms with Gasteiger partial charge in [-0.2, -0.15) is 0 Å². The van der Waals surface area contributed by atoms with Crippen LogP contribution in [0.25, 0.3) is 0 Å². The largest absolute Gasteiger partial charge is 0.457 e. The molecule has 3 rings (SSSR count). The SMILES string of the molecule is Cc1ccc(C(=O)OCc2ccc(CC(=O)N3CCOC3=O)cc2)c(C)c1. The summed E-state index contributed by atoms with van der Waals surface area (Å²) in [6, 6.07) is 12.8. The number of amides is 2. The fraction of sp³-hybridized carbons (Fsp3) is 0.286. The van der Waals surface area contributed by atoms with E-state index in [1.165, 1.54) is 0 Å². The van der Waals surface area contributed by atoms with Crippen molar-refractivity contribution in [3.63, 3.8) is 0 Å². The third-order valence-corrected chi connectivity index (χ3v) is 4.41. The molecule has 2 aromatic carbocycles. The van der Waals surface area contributed by atoms with Gasteiger partial charge in [-0.1, -0.05) is 42.0 Å². The molecule has 1 aliphatic rings. The number of rotatable bonds is 5. The van der Waals surface area contributed by atoms with Crippen molar-refractivity contribution in [2.45, 2.75) is 26.9 Å². The Morgan fingerprint density at radius 2 is 1.78 bits per heavy atom. The van der Waals surface area contributed by atoms with E-state index in [-0.39, 0.29) is 31.5 Å². The van der Waals surface area contributed by atoms with Crippen molar-refractivity contribution < 1.29 is 23.9 Å². The number of carbonyl (C=O) groups is 3. The van der Waals surface area contributed by atoms with Crippen LogP contribution in [0.4, 0.5) is 4.79 Å². The molecule has 0 unspecified atom stereocenters. The Labute approximate surface area is 157 Å². The van der Waals surface area contributed by atoms with Gasteiger partial charge in [0.25, 0.3) is 0 Å². The second-order valence-electron chi connectivity index (χ2n) is 6.55. The average molecular weight is 367 g/mol. The van der Waals surface area contributed by atoms with E-state index < -0.39 is 6.09 Å². The summed E-state index contributed by atoms with van der Waals surface area (Å²) in [6.45, 7) is 4.55. The smallest absolute Gasteiger partial charge is 0.416 e. The highest BCUT2D eigenvalue weighted by molar-refractivity contribution is 5.94. The van der Waals surface area contributed by atoms with E-state index in [2.05, 4.69) is 0 Å². The van der Waals surface area contributed by atoms with Gasteiger partial charge in [-0.3, -0.25) is 4.79 Å². The summed E-state index contributed by atoms with van der Waals surface area (Å²) in [5.74, 6) is -0.647. The first kappa shape index (κ1) is 18.6. The summed E-state index contributed by atoms with van der Waals surface area (Å²) in [4.78, 5) is 36.8. The first-order valence-corrected chi connectivity index (χ1v) is 8.73. The van der Waals surface area contributed by atoms with Crippen molar-refractivity contribution >= 4 is 18.0 Å². The predicted molar refractivity (Wildman–Crippen MR) is 98.2 cm³/mol. The van der Waals surface area contributed by atoms with Crippen LogP contribution >= 0.6 is 0 Å². The van der Waals surface area contributed by atoms with E-state index in [0.717, 1.165) is 27.2 Å². The lowest BCUT2D eigenvalue weighted by molar-refractivity contribution is -0.127. The van der Waals surface area contributed by atoms with Gasteiger partial charge < -0.3 is 9.47 Å². The first-order valence-electron chi connectivity index (χ1n) is 8.73. The first-order chi connectivity index (χ1) is 12.9. The molecule has 0 atom stereocenters. The molecule has 27 heavy (non-hydrogen) atoms. The van der Waals surface area contributed by atoms with Gasteiger partial charge in [0.15, 0.2) is 0 Å². The van der Waals surface area contributed by atoms with Crippen molar-refractivity contribution in [1.82, 2.24) is 4.90 Å². The van der Waals surface area contributed by atoms with Crippen LogP contribution < -0.4 is 0 Å². The molecule has 0 spiro atoms. The third kappa shape index (κ3) is 4.53. The number of imide groups is 1. The Balaban J connectivity index is 1.55. The predicted octanol–water partition coefficient (Wildman–Crippen LogP) is 3.18. The maximum atomic E-state index is 12.2. The highest BCUT2D eigenvalue weighted by Crippen LogP contribution is 2.14. The van der Waals surface area contributed by atoms with Crippen molar-refractivity contribution in [2.24, 2.45) is 0 Å². The molecule has 0 saturated carbocycles. The quantitative estimate of drug-likeness (QED) is 0.759. The summed E-state index contributed by atoms with van der Waals surface area (Å²) < 4.78 is 10.1.